The summed E-state index contributed by atoms with van der Waals surface area (Å²) in [6.07, 6.45) is 5.20. The van der Waals surface area contributed by atoms with Crippen molar-refractivity contribution in [3.8, 4) is 0 Å². The Morgan fingerprint density at radius 2 is 1.84 bits per heavy atom. The Labute approximate surface area is 182 Å². The van der Waals surface area contributed by atoms with Gasteiger partial charge in [-0.2, -0.15) is 5.10 Å². The molecule has 6 heteroatoms. The summed E-state index contributed by atoms with van der Waals surface area (Å²) in [5, 5.41) is 7.52. The zero-order chi connectivity index (χ0) is 21.8. The molecule has 2 aromatic carbocycles. The molecule has 1 aliphatic rings. The lowest BCUT2D eigenvalue weighted by Gasteiger charge is -2.24. The Balaban J connectivity index is 1.44. The second-order valence-corrected chi connectivity index (χ2v) is 8.13. The number of likely N-dealkylation sites (tertiary alicyclic amines) is 1. The average molecular weight is 417 g/mol. The number of hydrogen-bond acceptors (Lipinski definition) is 3. The predicted octanol–water partition coefficient (Wildman–Crippen LogP) is 3.44. The first-order chi connectivity index (χ1) is 15.0. The van der Waals surface area contributed by atoms with Gasteiger partial charge in [0.25, 0.3) is 5.91 Å². The van der Waals surface area contributed by atoms with Crippen molar-refractivity contribution in [2.24, 2.45) is 5.92 Å². The van der Waals surface area contributed by atoms with E-state index in [1.54, 1.807) is 4.90 Å². The summed E-state index contributed by atoms with van der Waals surface area (Å²) in [5.41, 5.74) is 4.01. The first kappa shape index (κ1) is 20.8. The van der Waals surface area contributed by atoms with Crippen LogP contribution >= 0.6 is 0 Å². The molecule has 1 fully saturated rings. The monoisotopic (exact) mass is 416 g/mol. The lowest BCUT2D eigenvalue weighted by molar-refractivity contribution is -0.127. The molecule has 2 heterocycles. The number of nitrogens with zero attached hydrogens (tertiary/aromatic N) is 3. The first-order valence-corrected chi connectivity index (χ1v) is 10.7. The third-order valence-corrected chi connectivity index (χ3v) is 6.03. The molecule has 2 amide bonds. The van der Waals surface area contributed by atoms with Crippen molar-refractivity contribution in [3.05, 3.63) is 89.2 Å². The topological polar surface area (TPSA) is 67.2 Å². The Hall–Kier alpha value is -3.41. The third-order valence-electron chi connectivity index (χ3n) is 6.03. The van der Waals surface area contributed by atoms with Gasteiger partial charge in [0.05, 0.1) is 18.8 Å². The summed E-state index contributed by atoms with van der Waals surface area (Å²) in [5.74, 6) is -0.0127. The Bertz CT molecular complexity index is 1040. The standard InChI is InChI=1S/C25H28N4O2/c1-3-18-9-11-20(12-10-18)25(31)26-14-21-13-23(30)28(2)24(21)22-15-27-29(17-22)16-19-7-5-4-6-8-19/h4-12,15,17,21,24H,3,13-14,16H2,1-2H3,(H,26,31)/t21-,24+/m0/s1. The Morgan fingerprint density at radius 3 is 2.55 bits per heavy atom. The molecule has 1 aromatic heterocycles. The van der Waals surface area contributed by atoms with E-state index in [0.717, 1.165) is 12.0 Å². The van der Waals surface area contributed by atoms with Gasteiger partial charge in [-0.05, 0) is 29.7 Å². The van der Waals surface area contributed by atoms with Gasteiger partial charge in [0.1, 0.15) is 0 Å². The van der Waals surface area contributed by atoms with Gasteiger partial charge >= 0.3 is 0 Å². The summed E-state index contributed by atoms with van der Waals surface area (Å²) < 4.78 is 1.90. The predicted molar refractivity (Wildman–Crippen MR) is 120 cm³/mol. The zero-order valence-electron chi connectivity index (χ0n) is 18.0. The van der Waals surface area contributed by atoms with Crippen LogP contribution in [0.2, 0.25) is 0 Å². The number of aromatic nitrogens is 2. The average Bonchev–Trinajstić information content (AvgIpc) is 3.36. The molecule has 1 aliphatic heterocycles. The molecule has 6 nitrogen and oxygen atoms in total. The third kappa shape index (κ3) is 4.68. The molecular weight excluding hydrogens is 388 g/mol. The molecule has 0 unspecified atom stereocenters. The minimum Gasteiger partial charge on any atom is -0.352 e. The number of aryl methyl sites for hydroxylation is 1. The fourth-order valence-corrected chi connectivity index (χ4v) is 4.24. The minimum atomic E-state index is -0.108. The summed E-state index contributed by atoms with van der Waals surface area (Å²) in [6.45, 7) is 3.21. The molecule has 2 atom stereocenters. The molecule has 1 saturated heterocycles. The van der Waals surface area contributed by atoms with Crippen LogP contribution < -0.4 is 5.32 Å². The molecule has 3 aromatic rings. The molecule has 4 rings (SSSR count). The van der Waals surface area contributed by atoms with Crippen molar-refractivity contribution in [3.63, 3.8) is 0 Å². The van der Waals surface area contributed by atoms with Crippen molar-refractivity contribution in [2.75, 3.05) is 13.6 Å². The van der Waals surface area contributed by atoms with Crippen molar-refractivity contribution in [2.45, 2.75) is 32.4 Å². The molecule has 0 bridgehead atoms. The number of benzene rings is 2. The van der Waals surface area contributed by atoms with Crippen molar-refractivity contribution in [1.29, 1.82) is 0 Å². The number of amides is 2. The Morgan fingerprint density at radius 1 is 1.10 bits per heavy atom. The van der Waals surface area contributed by atoms with Gasteiger partial charge in [0.2, 0.25) is 5.91 Å². The van der Waals surface area contributed by atoms with E-state index in [9.17, 15) is 9.59 Å². The molecule has 0 spiro atoms. The highest BCUT2D eigenvalue weighted by molar-refractivity contribution is 5.94. The Kier molecular flexibility index (Phi) is 6.16. The van der Waals surface area contributed by atoms with Gasteiger partial charge in [-0.3, -0.25) is 14.3 Å². The maximum absolute atomic E-state index is 12.6. The normalized spacial score (nSPS) is 18.4. The van der Waals surface area contributed by atoms with Crippen LogP contribution in [0.1, 0.15) is 46.4 Å². The number of carbonyl (C=O) groups excluding carboxylic acids is 2. The first-order valence-electron chi connectivity index (χ1n) is 10.7. The molecular formula is C25H28N4O2. The van der Waals surface area contributed by atoms with Gasteiger partial charge in [-0.1, -0.05) is 49.4 Å². The van der Waals surface area contributed by atoms with Gasteiger partial charge in [0.15, 0.2) is 0 Å². The van der Waals surface area contributed by atoms with Gasteiger partial charge < -0.3 is 10.2 Å². The van der Waals surface area contributed by atoms with Gasteiger partial charge in [-0.25, -0.2) is 0 Å². The SMILES string of the molecule is CCc1ccc(C(=O)NC[C@@H]2CC(=O)N(C)[C@H]2c2cnn(Cc3ccccc3)c2)cc1. The van der Waals surface area contributed by atoms with Crippen LogP contribution in [0.4, 0.5) is 0 Å². The van der Waals surface area contributed by atoms with E-state index in [4.69, 9.17) is 0 Å². The number of rotatable bonds is 7. The maximum Gasteiger partial charge on any atom is 0.251 e. The van der Waals surface area contributed by atoms with E-state index in [2.05, 4.69) is 29.5 Å². The second kappa shape index (κ2) is 9.16. The van der Waals surface area contributed by atoms with Gasteiger partial charge in [0, 0.05) is 43.3 Å². The highest BCUT2D eigenvalue weighted by Crippen LogP contribution is 2.36. The summed E-state index contributed by atoms with van der Waals surface area (Å²) in [6, 6.07) is 17.7. The quantitative estimate of drug-likeness (QED) is 0.642. The van der Waals surface area contributed by atoms with Gasteiger partial charge in [-0.15, -0.1) is 0 Å². The highest BCUT2D eigenvalue weighted by atomic mass is 16.2. The number of carbonyl (C=O) groups is 2. The van der Waals surface area contributed by atoms with Crippen LogP contribution in [0.15, 0.2) is 67.0 Å². The van der Waals surface area contributed by atoms with E-state index < -0.39 is 0 Å². The largest absolute Gasteiger partial charge is 0.352 e. The van der Waals surface area contributed by atoms with Crippen LogP contribution in [-0.4, -0.2) is 40.1 Å². The smallest absolute Gasteiger partial charge is 0.251 e. The minimum absolute atomic E-state index is 0.00532. The lowest BCUT2D eigenvalue weighted by Crippen LogP contribution is -2.32. The zero-order valence-corrected chi connectivity index (χ0v) is 18.0. The van der Waals surface area contributed by atoms with E-state index in [1.807, 2.05) is 66.6 Å². The van der Waals surface area contributed by atoms with E-state index in [-0.39, 0.29) is 23.8 Å². The number of hydrogen-bond donors (Lipinski definition) is 1. The lowest BCUT2D eigenvalue weighted by atomic mass is 9.95. The fourth-order valence-electron chi connectivity index (χ4n) is 4.24. The highest BCUT2D eigenvalue weighted by Gasteiger charge is 2.39. The second-order valence-electron chi connectivity index (χ2n) is 8.13. The van der Waals surface area contributed by atoms with Crippen molar-refractivity contribution in [1.82, 2.24) is 20.0 Å². The van der Waals surface area contributed by atoms with Crippen LogP contribution in [0.5, 0.6) is 0 Å². The summed E-state index contributed by atoms with van der Waals surface area (Å²) in [7, 11) is 1.83. The van der Waals surface area contributed by atoms with E-state index in [0.29, 0.717) is 25.1 Å². The molecule has 1 N–H and O–H groups in total. The van der Waals surface area contributed by atoms with Crippen LogP contribution in [0.3, 0.4) is 0 Å². The molecule has 0 saturated carbocycles. The molecule has 31 heavy (non-hydrogen) atoms. The van der Waals surface area contributed by atoms with E-state index >= 15 is 0 Å². The molecule has 0 radical (unpaired) electrons. The van der Waals surface area contributed by atoms with Crippen molar-refractivity contribution < 1.29 is 9.59 Å². The van der Waals surface area contributed by atoms with E-state index in [1.165, 1.54) is 11.1 Å². The summed E-state index contributed by atoms with van der Waals surface area (Å²) >= 11 is 0. The van der Waals surface area contributed by atoms with Crippen LogP contribution in [0, 0.1) is 5.92 Å². The maximum atomic E-state index is 12.6. The summed E-state index contributed by atoms with van der Waals surface area (Å²) in [4.78, 5) is 26.8. The fraction of sp³-hybridized carbons (Fsp3) is 0.320. The molecule has 160 valence electrons. The molecule has 0 aliphatic carbocycles. The van der Waals surface area contributed by atoms with Crippen LogP contribution in [-0.2, 0) is 17.8 Å². The van der Waals surface area contributed by atoms with Crippen LogP contribution in [0.25, 0.3) is 0 Å². The van der Waals surface area contributed by atoms with Crippen molar-refractivity contribution >= 4 is 11.8 Å². The number of nitrogens with one attached hydrogen (secondary N) is 1.